The molecule has 0 amide bonds. The Hall–Kier alpha value is -3.10. The lowest BCUT2D eigenvalue weighted by Gasteiger charge is -2.31. The van der Waals surface area contributed by atoms with Crippen LogP contribution in [0.25, 0.3) is 0 Å². The Morgan fingerprint density at radius 2 is 2.00 bits per heavy atom. The van der Waals surface area contributed by atoms with Crippen LogP contribution in [0, 0.1) is 5.82 Å². The quantitative estimate of drug-likeness (QED) is 0.462. The number of fused-ring (bicyclic) bond motifs is 1. The third-order valence-electron chi connectivity index (χ3n) is 5.71. The lowest BCUT2D eigenvalue weighted by atomic mass is 9.93. The van der Waals surface area contributed by atoms with Crippen LogP contribution in [0.3, 0.4) is 0 Å². The van der Waals surface area contributed by atoms with E-state index in [4.69, 9.17) is 19.2 Å². The van der Waals surface area contributed by atoms with Crippen molar-refractivity contribution in [2.24, 2.45) is 4.99 Å². The largest absolute Gasteiger partial charge is 0.504 e. The normalized spacial score (nSPS) is 19.3. The summed E-state index contributed by atoms with van der Waals surface area (Å²) in [5, 5.41) is 14.4. The second kappa shape index (κ2) is 9.03. The minimum Gasteiger partial charge on any atom is -0.504 e. The Labute approximate surface area is 199 Å². The minimum atomic E-state index is -0.448. The van der Waals surface area contributed by atoms with Gasteiger partial charge in [0.15, 0.2) is 23.0 Å². The molecule has 2 aliphatic rings. The molecule has 0 saturated carbocycles. The van der Waals surface area contributed by atoms with Crippen LogP contribution in [-0.4, -0.2) is 24.2 Å². The lowest BCUT2D eigenvalue weighted by molar-refractivity contribution is 0.174. The zero-order valence-electron chi connectivity index (χ0n) is 17.8. The highest BCUT2D eigenvalue weighted by molar-refractivity contribution is 9.10. The summed E-state index contributed by atoms with van der Waals surface area (Å²) in [5.74, 6) is 1.57. The number of phenolic OH excluding ortho intramolecular Hbond substituents is 1. The van der Waals surface area contributed by atoms with E-state index in [9.17, 15) is 9.50 Å². The van der Waals surface area contributed by atoms with Crippen molar-refractivity contribution in [2.45, 2.75) is 25.6 Å². The van der Waals surface area contributed by atoms with E-state index in [1.54, 1.807) is 18.2 Å². The molecule has 0 aliphatic carbocycles. The molecule has 3 aromatic rings. The number of hydrogen-bond acceptors (Lipinski definition) is 6. The maximum atomic E-state index is 13.9. The van der Waals surface area contributed by atoms with E-state index in [-0.39, 0.29) is 24.4 Å². The fourth-order valence-corrected chi connectivity index (χ4v) is 4.50. The Balaban J connectivity index is 1.56. The number of nitrogens with one attached hydrogen (secondary N) is 1. The second-order valence-corrected chi connectivity index (χ2v) is 8.62. The first-order chi connectivity index (χ1) is 16.0. The topological polar surface area (TPSA) is 72.3 Å². The fourth-order valence-electron chi connectivity index (χ4n) is 4.10. The number of benzene rings is 3. The molecular weight excluding hydrogens is 491 g/mol. The van der Waals surface area contributed by atoms with Crippen LogP contribution in [-0.2, 0) is 0 Å². The highest BCUT2D eigenvalue weighted by Gasteiger charge is 2.29. The van der Waals surface area contributed by atoms with Crippen LogP contribution in [0.1, 0.15) is 42.2 Å². The van der Waals surface area contributed by atoms with Crippen molar-refractivity contribution in [2.75, 3.05) is 13.4 Å². The molecule has 0 bridgehead atoms. The van der Waals surface area contributed by atoms with Gasteiger partial charge in [0.25, 0.3) is 0 Å². The standard InChI is InChI=1S/C25H22BrFN2O4/c1-2-31-22-5-3-4-16(24(22)30)20-12-19(14-7-9-21-23(11-14)33-13-32-21)28-25(29-20)15-6-8-18(27)17(26)10-15/h3-11,20,25,29-30H,2,12-13H2,1H3/t20-,25-/m0/s1. The first-order valence-electron chi connectivity index (χ1n) is 10.7. The molecule has 0 spiro atoms. The maximum Gasteiger partial charge on any atom is 0.231 e. The molecule has 8 heteroatoms. The molecule has 0 radical (unpaired) electrons. The number of nitrogens with zero attached hydrogens (tertiary/aromatic N) is 1. The summed E-state index contributed by atoms with van der Waals surface area (Å²) in [4.78, 5) is 4.94. The molecule has 2 heterocycles. The smallest absolute Gasteiger partial charge is 0.231 e. The summed E-state index contributed by atoms with van der Waals surface area (Å²) in [7, 11) is 0. The van der Waals surface area contributed by atoms with Gasteiger partial charge in [-0.25, -0.2) is 4.39 Å². The lowest BCUT2D eigenvalue weighted by Crippen LogP contribution is -2.33. The number of halogens is 2. The summed E-state index contributed by atoms with van der Waals surface area (Å²) in [6.07, 6.45) is 0.0815. The van der Waals surface area contributed by atoms with Gasteiger partial charge in [-0.15, -0.1) is 0 Å². The van der Waals surface area contributed by atoms with Crippen LogP contribution in [0.2, 0.25) is 0 Å². The number of phenols is 1. The summed E-state index contributed by atoms with van der Waals surface area (Å²) >= 11 is 3.27. The average Bonchev–Trinajstić information content (AvgIpc) is 3.30. The van der Waals surface area contributed by atoms with E-state index in [1.807, 2.05) is 37.3 Å². The number of para-hydroxylation sites is 1. The molecule has 2 atom stereocenters. The Bertz CT molecular complexity index is 1230. The number of ether oxygens (including phenoxy) is 3. The SMILES string of the molecule is CCOc1cccc([C@@H]2CC(c3ccc4c(c3)OCO4)=N[C@H](c3ccc(F)c(Br)c3)N2)c1O. The van der Waals surface area contributed by atoms with Crippen molar-refractivity contribution < 1.29 is 23.7 Å². The van der Waals surface area contributed by atoms with E-state index in [0.717, 1.165) is 16.8 Å². The molecule has 0 fully saturated rings. The van der Waals surface area contributed by atoms with Gasteiger partial charge in [-0.2, -0.15) is 0 Å². The van der Waals surface area contributed by atoms with Crippen LogP contribution < -0.4 is 19.5 Å². The predicted molar refractivity (Wildman–Crippen MR) is 126 cm³/mol. The summed E-state index contributed by atoms with van der Waals surface area (Å²) in [6, 6.07) is 15.8. The van der Waals surface area contributed by atoms with Crippen molar-refractivity contribution >= 4 is 21.6 Å². The molecule has 0 aromatic heterocycles. The van der Waals surface area contributed by atoms with E-state index < -0.39 is 6.17 Å². The van der Waals surface area contributed by atoms with Crippen molar-refractivity contribution in [3.05, 3.63) is 81.6 Å². The van der Waals surface area contributed by atoms with Crippen molar-refractivity contribution in [3.8, 4) is 23.0 Å². The maximum absolute atomic E-state index is 13.9. The van der Waals surface area contributed by atoms with Gasteiger partial charge in [0.1, 0.15) is 12.0 Å². The zero-order chi connectivity index (χ0) is 22.9. The molecule has 2 N–H and O–H groups in total. The van der Waals surface area contributed by atoms with Gasteiger partial charge >= 0.3 is 0 Å². The van der Waals surface area contributed by atoms with Gasteiger partial charge in [-0.3, -0.25) is 10.3 Å². The second-order valence-electron chi connectivity index (χ2n) is 7.77. The van der Waals surface area contributed by atoms with Gasteiger partial charge in [0.2, 0.25) is 6.79 Å². The Morgan fingerprint density at radius 3 is 2.82 bits per heavy atom. The van der Waals surface area contributed by atoms with Crippen LogP contribution in [0.4, 0.5) is 4.39 Å². The average molecular weight is 513 g/mol. The van der Waals surface area contributed by atoms with Gasteiger partial charge in [0, 0.05) is 23.7 Å². The third kappa shape index (κ3) is 4.28. The molecule has 0 saturated heterocycles. The molecule has 3 aromatic carbocycles. The van der Waals surface area contributed by atoms with Crippen molar-refractivity contribution in [3.63, 3.8) is 0 Å². The molecule has 5 rings (SSSR count). The summed E-state index contributed by atoms with van der Waals surface area (Å²) in [6.45, 7) is 2.52. The third-order valence-corrected chi connectivity index (χ3v) is 6.32. The fraction of sp³-hybridized carbons (Fsp3) is 0.240. The van der Waals surface area contributed by atoms with Crippen molar-refractivity contribution in [1.82, 2.24) is 5.32 Å². The van der Waals surface area contributed by atoms with E-state index in [0.29, 0.717) is 40.3 Å². The molecule has 170 valence electrons. The van der Waals surface area contributed by atoms with Gasteiger partial charge < -0.3 is 19.3 Å². The number of rotatable bonds is 5. The van der Waals surface area contributed by atoms with Crippen LogP contribution in [0.15, 0.2) is 64.1 Å². The van der Waals surface area contributed by atoms with Gasteiger partial charge in [-0.05, 0) is 70.4 Å². The predicted octanol–water partition coefficient (Wildman–Crippen LogP) is 5.64. The highest BCUT2D eigenvalue weighted by Crippen LogP contribution is 2.40. The van der Waals surface area contributed by atoms with E-state index in [1.165, 1.54) is 6.07 Å². The highest BCUT2D eigenvalue weighted by atomic mass is 79.9. The Kier molecular flexibility index (Phi) is 5.95. The van der Waals surface area contributed by atoms with E-state index in [2.05, 4.69) is 21.2 Å². The molecule has 6 nitrogen and oxygen atoms in total. The minimum absolute atomic E-state index is 0.0998. The van der Waals surface area contributed by atoms with Crippen molar-refractivity contribution in [1.29, 1.82) is 0 Å². The Morgan fingerprint density at radius 1 is 1.15 bits per heavy atom. The number of hydrogen-bond donors (Lipinski definition) is 2. The molecule has 33 heavy (non-hydrogen) atoms. The molecule has 2 aliphatic heterocycles. The zero-order valence-corrected chi connectivity index (χ0v) is 19.4. The molecular formula is C25H22BrFN2O4. The first-order valence-corrected chi connectivity index (χ1v) is 11.4. The van der Waals surface area contributed by atoms with Gasteiger partial charge in [-0.1, -0.05) is 18.2 Å². The van der Waals surface area contributed by atoms with Crippen LogP contribution >= 0.6 is 15.9 Å². The first kappa shape index (κ1) is 21.7. The van der Waals surface area contributed by atoms with Crippen LogP contribution in [0.5, 0.6) is 23.0 Å². The monoisotopic (exact) mass is 512 g/mol. The molecule has 0 unspecified atom stereocenters. The summed E-state index contributed by atoms with van der Waals surface area (Å²) < 4.78 is 30.8. The van der Waals surface area contributed by atoms with Gasteiger partial charge in [0.05, 0.1) is 11.1 Å². The summed E-state index contributed by atoms with van der Waals surface area (Å²) in [5.41, 5.74) is 3.24. The number of aromatic hydroxyl groups is 1. The number of aliphatic imine (C=N–C) groups is 1. The van der Waals surface area contributed by atoms with E-state index >= 15 is 0 Å².